The molecule has 1 atom stereocenters. The number of hydrogen-bond donors (Lipinski definition) is 2. The highest BCUT2D eigenvalue weighted by molar-refractivity contribution is 5.97. The van der Waals surface area contributed by atoms with Gasteiger partial charge in [-0.3, -0.25) is 14.9 Å². The minimum Gasteiger partial charge on any atom is -0.480 e. The maximum atomic E-state index is 12.9. The molecule has 0 aliphatic rings. The molecule has 0 spiro atoms. The van der Waals surface area contributed by atoms with Crippen LogP contribution in [0.1, 0.15) is 27.0 Å². The zero-order valence-electron chi connectivity index (χ0n) is 15.1. The number of nitro benzene ring substituents is 1. The third-order valence-corrected chi connectivity index (χ3v) is 4.07. The molecule has 2 rings (SSSR count). The second kappa shape index (κ2) is 8.62. The number of alkyl halides is 6. The summed E-state index contributed by atoms with van der Waals surface area (Å²) in [5, 5.41) is 22.1. The lowest BCUT2D eigenvalue weighted by atomic mass is 10.0. The van der Waals surface area contributed by atoms with E-state index < -0.39 is 64.0 Å². The third kappa shape index (κ3) is 5.93. The number of aliphatic carboxylic acids is 1. The van der Waals surface area contributed by atoms with Crippen LogP contribution in [-0.2, 0) is 23.6 Å². The summed E-state index contributed by atoms with van der Waals surface area (Å²) in [5.41, 5.74) is -5.16. The fourth-order valence-corrected chi connectivity index (χ4v) is 2.61. The summed E-state index contributed by atoms with van der Waals surface area (Å²) < 4.78 is 77.6. The second-order valence-corrected chi connectivity index (χ2v) is 6.25. The summed E-state index contributed by atoms with van der Waals surface area (Å²) in [7, 11) is 0. The summed E-state index contributed by atoms with van der Waals surface area (Å²) in [6, 6.07) is 3.17. The smallest absolute Gasteiger partial charge is 0.416 e. The highest BCUT2D eigenvalue weighted by Gasteiger charge is 2.38. The molecule has 0 saturated carbocycles. The van der Waals surface area contributed by atoms with Crippen molar-refractivity contribution < 1.29 is 46.0 Å². The highest BCUT2D eigenvalue weighted by atomic mass is 19.4. The number of carbonyl (C=O) groups excluding carboxylic acids is 1. The lowest BCUT2D eigenvalue weighted by Crippen LogP contribution is -2.42. The van der Waals surface area contributed by atoms with Gasteiger partial charge in [-0.25, -0.2) is 4.79 Å². The Labute approximate surface area is 169 Å². The number of nitrogens with one attached hydrogen (secondary N) is 1. The molecule has 0 unspecified atom stereocenters. The van der Waals surface area contributed by atoms with Crippen LogP contribution < -0.4 is 5.32 Å². The summed E-state index contributed by atoms with van der Waals surface area (Å²) in [6.07, 6.45) is -11.0. The van der Waals surface area contributed by atoms with Gasteiger partial charge < -0.3 is 10.4 Å². The van der Waals surface area contributed by atoms with Crippen molar-refractivity contribution in [1.29, 1.82) is 0 Å². The maximum Gasteiger partial charge on any atom is 0.416 e. The summed E-state index contributed by atoms with van der Waals surface area (Å²) in [5.74, 6) is -3.22. The molecule has 0 heterocycles. The van der Waals surface area contributed by atoms with Crippen LogP contribution in [-0.4, -0.2) is 27.9 Å². The van der Waals surface area contributed by atoms with E-state index in [1.807, 2.05) is 5.32 Å². The monoisotopic (exact) mass is 450 g/mol. The van der Waals surface area contributed by atoms with Crippen LogP contribution in [0.3, 0.4) is 0 Å². The maximum absolute atomic E-state index is 12.9. The molecule has 2 N–H and O–H groups in total. The van der Waals surface area contributed by atoms with Gasteiger partial charge >= 0.3 is 18.3 Å². The van der Waals surface area contributed by atoms with Crippen molar-refractivity contribution in [3.8, 4) is 0 Å². The number of carbonyl (C=O) groups is 2. The van der Waals surface area contributed by atoms with E-state index in [1.54, 1.807) is 0 Å². The van der Waals surface area contributed by atoms with Gasteiger partial charge in [0.05, 0.1) is 16.1 Å². The predicted octanol–water partition coefficient (Wildman–Crippen LogP) is 4.06. The summed E-state index contributed by atoms with van der Waals surface area (Å²) in [6.45, 7) is 0. The minimum atomic E-state index is -5.20. The third-order valence-electron chi connectivity index (χ3n) is 4.07. The van der Waals surface area contributed by atoms with Crippen molar-refractivity contribution in [1.82, 2.24) is 5.32 Å². The molecule has 166 valence electrons. The van der Waals surface area contributed by atoms with Crippen LogP contribution >= 0.6 is 0 Å². The van der Waals surface area contributed by atoms with Crippen molar-refractivity contribution >= 4 is 17.6 Å². The largest absolute Gasteiger partial charge is 0.480 e. The van der Waals surface area contributed by atoms with Crippen molar-refractivity contribution in [2.24, 2.45) is 0 Å². The quantitative estimate of drug-likeness (QED) is 0.392. The second-order valence-electron chi connectivity index (χ2n) is 6.25. The molecule has 0 fully saturated rings. The Bertz CT molecular complexity index is 987. The van der Waals surface area contributed by atoms with E-state index in [0.29, 0.717) is 0 Å². The van der Waals surface area contributed by atoms with Crippen LogP contribution in [0.15, 0.2) is 42.5 Å². The number of carboxylic acids is 1. The lowest BCUT2D eigenvalue weighted by Gasteiger charge is -2.17. The average Bonchev–Trinajstić information content (AvgIpc) is 2.65. The Balaban J connectivity index is 2.39. The highest BCUT2D eigenvalue weighted by Crippen LogP contribution is 2.36. The van der Waals surface area contributed by atoms with E-state index in [4.69, 9.17) is 0 Å². The van der Waals surface area contributed by atoms with Gasteiger partial charge in [0.15, 0.2) is 0 Å². The Morgan fingerprint density at radius 2 is 1.52 bits per heavy atom. The predicted molar refractivity (Wildman–Crippen MR) is 92.1 cm³/mol. The fraction of sp³-hybridized carbons (Fsp3) is 0.222. The van der Waals surface area contributed by atoms with Crippen molar-refractivity contribution in [2.75, 3.05) is 0 Å². The first-order valence-electron chi connectivity index (χ1n) is 8.25. The first-order chi connectivity index (χ1) is 14.2. The summed E-state index contributed by atoms with van der Waals surface area (Å²) in [4.78, 5) is 34.0. The average molecular weight is 450 g/mol. The van der Waals surface area contributed by atoms with Crippen molar-refractivity contribution in [2.45, 2.75) is 24.8 Å². The number of amides is 1. The molecular formula is C18H12F6N2O5. The number of rotatable bonds is 6. The molecule has 0 bridgehead atoms. The van der Waals surface area contributed by atoms with Gasteiger partial charge in [0.2, 0.25) is 0 Å². The topological polar surface area (TPSA) is 110 Å². The van der Waals surface area contributed by atoms with Crippen molar-refractivity contribution in [3.05, 3.63) is 74.8 Å². The molecule has 7 nitrogen and oxygen atoms in total. The zero-order chi connectivity index (χ0) is 23.6. The molecule has 0 aromatic heterocycles. The van der Waals surface area contributed by atoms with Crippen LogP contribution in [0.5, 0.6) is 0 Å². The Morgan fingerprint density at radius 3 is 1.97 bits per heavy atom. The van der Waals surface area contributed by atoms with Gasteiger partial charge in [-0.1, -0.05) is 18.2 Å². The molecule has 1 amide bonds. The number of hydrogen-bond acceptors (Lipinski definition) is 4. The van der Waals surface area contributed by atoms with Gasteiger partial charge in [-0.05, 0) is 18.2 Å². The molecule has 2 aromatic carbocycles. The normalized spacial score (nSPS) is 12.8. The molecule has 0 radical (unpaired) electrons. The van der Waals surface area contributed by atoms with Crippen LogP contribution in [0.4, 0.5) is 32.0 Å². The van der Waals surface area contributed by atoms with E-state index in [0.717, 1.165) is 6.07 Å². The van der Waals surface area contributed by atoms with E-state index in [2.05, 4.69) is 0 Å². The lowest BCUT2D eigenvalue weighted by molar-refractivity contribution is -0.385. The van der Waals surface area contributed by atoms with E-state index in [9.17, 15) is 51.2 Å². The number of benzene rings is 2. The van der Waals surface area contributed by atoms with E-state index in [-0.39, 0.29) is 23.8 Å². The fourth-order valence-electron chi connectivity index (χ4n) is 2.61. The Morgan fingerprint density at radius 1 is 1.00 bits per heavy atom. The molecule has 0 aliphatic heterocycles. The number of nitro groups is 1. The van der Waals surface area contributed by atoms with Gasteiger partial charge in [-0.2, -0.15) is 26.3 Å². The zero-order valence-corrected chi connectivity index (χ0v) is 15.1. The standard InChI is InChI=1S/C18H12F6N2O5/c19-17(20,21)11-5-10(6-12(8-11)18(22,23)24)15(27)25-13(16(28)29)7-9-3-1-2-4-14(9)26(30)31/h1-6,8,13H,7H2,(H,25,27)(H,28,29)/t13-/m1/s1. The van der Waals surface area contributed by atoms with Gasteiger partial charge in [0.25, 0.3) is 11.6 Å². The summed E-state index contributed by atoms with van der Waals surface area (Å²) >= 11 is 0. The molecule has 0 saturated heterocycles. The molecule has 31 heavy (non-hydrogen) atoms. The number of carboxylic acid groups (broad SMARTS) is 1. The molecular weight excluding hydrogens is 438 g/mol. The molecule has 0 aliphatic carbocycles. The van der Waals surface area contributed by atoms with Gasteiger partial charge in [-0.15, -0.1) is 0 Å². The Kier molecular flexibility index (Phi) is 6.57. The van der Waals surface area contributed by atoms with Gasteiger partial charge in [0.1, 0.15) is 6.04 Å². The number of nitrogens with zero attached hydrogens (tertiary/aromatic N) is 1. The number of halogens is 6. The van der Waals surface area contributed by atoms with E-state index in [1.165, 1.54) is 18.2 Å². The van der Waals surface area contributed by atoms with Crippen LogP contribution in [0, 0.1) is 10.1 Å². The SMILES string of the molecule is O=C(N[C@H](Cc1ccccc1[N+](=O)[O-])C(=O)O)c1cc(C(F)(F)F)cc(C(F)(F)F)c1. The molecule has 2 aromatic rings. The Hall–Kier alpha value is -3.64. The van der Waals surface area contributed by atoms with Crippen molar-refractivity contribution in [3.63, 3.8) is 0 Å². The first-order valence-corrected chi connectivity index (χ1v) is 8.25. The van der Waals surface area contributed by atoms with Crippen LogP contribution in [0.25, 0.3) is 0 Å². The van der Waals surface area contributed by atoms with Crippen LogP contribution in [0.2, 0.25) is 0 Å². The van der Waals surface area contributed by atoms with E-state index >= 15 is 0 Å². The molecule has 13 heteroatoms. The van der Waals surface area contributed by atoms with Gasteiger partial charge in [0, 0.05) is 23.6 Å². The number of para-hydroxylation sites is 1. The first kappa shape index (κ1) is 23.6. The minimum absolute atomic E-state index is 0.111.